The summed E-state index contributed by atoms with van der Waals surface area (Å²) in [5, 5.41) is 15.8. The van der Waals surface area contributed by atoms with E-state index in [1.165, 1.54) is 69.8 Å². The predicted octanol–water partition coefficient (Wildman–Crippen LogP) is 17.1. The summed E-state index contributed by atoms with van der Waals surface area (Å²) < 4.78 is 117. The van der Waals surface area contributed by atoms with Gasteiger partial charge in [0, 0.05) is 203 Å². The fourth-order valence-electron chi connectivity index (χ4n) is 17.9. The van der Waals surface area contributed by atoms with E-state index in [1.807, 2.05) is 91.2 Å². The number of rotatable bonds is 27. The summed E-state index contributed by atoms with van der Waals surface area (Å²) in [6, 6.07) is 46.9. The molecule has 6 aromatic carbocycles. The van der Waals surface area contributed by atoms with Crippen molar-refractivity contribution in [3.63, 3.8) is 0 Å². The molecule has 0 spiro atoms. The minimum atomic E-state index is -3.52. The number of fused-ring (bicyclic) bond motifs is 3. The van der Waals surface area contributed by atoms with Gasteiger partial charge in [0.15, 0.2) is 9.84 Å². The quantitative estimate of drug-likeness (QED) is 0.0347. The van der Waals surface area contributed by atoms with Crippen LogP contribution in [-0.2, 0) is 52.5 Å². The second-order valence-corrected chi connectivity index (χ2v) is 50.5. The van der Waals surface area contributed by atoms with Crippen LogP contribution in [0.15, 0.2) is 245 Å². The maximum absolute atomic E-state index is 15.3. The molecule has 4 aliphatic heterocycles. The monoisotopic (exact) mass is 2160 g/mol. The third kappa shape index (κ3) is 24.3. The molecule has 0 amide bonds. The molecule has 13 heterocycles. The average Bonchev–Trinajstić information content (AvgIpc) is 0.794. The molecule has 4 atom stereocenters. The van der Waals surface area contributed by atoms with Gasteiger partial charge in [0.1, 0.15) is 34.6 Å². The molecule has 4 fully saturated rings. The van der Waals surface area contributed by atoms with E-state index >= 15 is 4.39 Å². The van der Waals surface area contributed by atoms with Crippen molar-refractivity contribution in [1.29, 1.82) is 0 Å². The van der Waals surface area contributed by atoms with Gasteiger partial charge in [0.05, 0.1) is 88.1 Å². The number of aromatic nitrogens is 12. The molecule has 0 radical (unpaired) electrons. The number of aryl methyl sites for hydroxylation is 2. The number of likely N-dealkylation sites (tertiary alicyclic amines) is 1. The van der Waals surface area contributed by atoms with Crippen LogP contribution in [0.2, 0.25) is 15.1 Å². The van der Waals surface area contributed by atoms with Crippen molar-refractivity contribution in [3.8, 4) is 39.3 Å². The topological polar surface area (TPSA) is 375 Å². The Morgan fingerprint density at radius 2 is 1.21 bits per heavy atom. The fraction of sp³-hybridized carbons (Fsp3) is 0.301. The summed E-state index contributed by atoms with van der Waals surface area (Å²) in [6.07, 6.45) is 16.2. The molecule has 4 aliphatic rings. The number of piperazine rings is 1. The highest BCUT2D eigenvalue weighted by molar-refractivity contribution is 8.15. The van der Waals surface area contributed by atoms with E-state index in [-0.39, 0.29) is 126 Å². The molecular weight excluding hydrogens is 2060 g/mol. The van der Waals surface area contributed by atoms with E-state index in [2.05, 4.69) is 111 Å². The minimum Gasteiger partial charge on any atom is -0.490 e. The maximum atomic E-state index is 15.3. The Labute approximate surface area is 872 Å². The third-order valence-corrected chi connectivity index (χ3v) is 37.6. The average molecular weight is 2170 g/mol. The second kappa shape index (κ2) is 45.1. The normalized spacial score (nSPS) is 16.6. The number of likely N-dealkylation sites (N-methyl/N-ethyl adjacent to an activating group) is 2. The summed E-state index contributed by atoms with van der Waals surface area (Å²) in [6.45, 7) is 14.7. The Morgan fingerprint density at radius 1 is 0.596 bits per heavy atom. The lowest BCUT2D eigenvalue weighted by Gasteiger charge is -2.33. The zero-order valence-electron chi connectivity index (χ0n) is 81.5. The van der Waals surface area contributed by atoms with Crippen LogP contribution in [0.1, 0.15) is 73.1 Å². The number of nitrogens with one attached hydrogen (secondary N) is 4. The molecular formula is C103H109Cl3FN21O11S7. The number of hydrogen-bond donors (Lipinski definition) is 4. The van der Waals surface area contributed by atoms with Gasteiger partial charge in [-0.15, -0.1) is 21.8 Å². The van der Waals surface area contributed by atoms with Gasteiger partial charge in [-0.2, -0.15) is 26.7 Å². The smallest absolute Gasteiger partial charge is 0.261 e. The molecule has 9 aromatic heterocycles. The number of benzene rings is 6. The van der Waals surface area contributed by atoms with Crippen molar-refractivity contribution in [2.24, 2.45) is 0 Å². The molecule has 146 heavy (non-hydrogen) atoms. The summed E-state index contributed by atoms with van der Waals surface area (Å²) in [7, 11) is -8.12. The van der Waals surface area contributed by atoms with Crippen molar-refractivity contribution in [2.45, 2.75) is 114 Å². The summed E-state index contributed by atoms with van der Waals surface area (Å²) in [5.41, 5.74) is 10.5. The first kappa shape index (κ1) is 106. The lowest BCUT2D eigenvalue weighted by Crippen LogP contribution is -2.49. The van der Waals surface area contributed by atoms with Crippen LogP contribution in [0.5, 0.6) is 5.75 Å². The highest BCUT2D eigenvalue weighted by Crippen LogP contribution is 2.45. The first-order valence-electron chi connectivity index (χ1n) is 47.1. The summed E-state index contributed by atoms with van der Waals surface area (Å²) >= 11 is 23.9. The van der Waals surface area contributed by atoms with Crippen molar-refractivity contribution in [1.82, 2.24) is 82.3 Å². The van der Waals surface area contributed by atoms with Gasteiger partial charge in [-0.1, -0.05) is 90.1 Å². The van der Waals surface area contributed by atoms with Gasteiger partial charge in [0.25, 0.3) is 16.7 Å². The van der Waals surface area contributed by atoms with E-state index in [1.54, 1.807) is 119 Å². The van der Waals surface area contributed by atoms with E-state index < -0.39 is 55.4 Å². The Hall–Kier alpha value is -11.8. The number of sulfonamides is 2. The van der Waals surface area contributed by atoms with E-state index in [0.717, 1.165) is 93.5 Å². The molecule has 4 unspecified atom stereocenters. The molecule has 32 nitrogen and oxygen atoms in total. The largest absolute Gasteiger partial charge is 0.490 e. The SMILES string of the molecule is C=S(=O)(c1ccncc1)c1cnc(-c2cc3cnc(Nc4ccc(OC5CCN(C)CC5)cc4)nc3n(CCN(C)S(C)(=O)=O)c2=O)c(Cl)c1.C=S(c1cc(Cl)c(-c2cc3cnc(Nc4ccc(N5CCNC(C)C5)c(F)c4)nc3n(C3CCN(S(C)(=O)=O)CC3)c2=O)c(Cl)c1)c1cncs1.CCS(=O)(=O)c1ccc(-c2cc3cnc(Nc4ccc(C5CN(C)CCS5)cc4)nc3n(Cc3ccccc3C)c2=O)c(C)c1. The number of anilines is 7. The lowest BCUT2D eigenvalue weighted by molar-refractivity contribution is 0.114. The van der Waals surface area contributed by atoms with E-state index in [0.29, 0.717) is 115 Å². The number of piperidine rings is 2. The highest BCUT2D eigenvalue weighted by Gasteiger charge is 2.33. The number of thioether (sulfide) groups is 1. The van der Waals surface area contributed by atoms with Crippen molar-refractivity contribution in [2.75, 3.05) is 131 Å². The number of hydrogen-bond acceptors (Lipinski definition) is 29. The van der Waals surface area contributed by atoms with E-state index in [4.69, 9.17) is 49.5 Å². The molecule has 19 rings (SSSR count). The number of ether oxygens (including phenoxy) is 1. The number of thiazole rings is 1. The zero-order valence-corrected chi connectivity index (χ0v) is 89.5. The Kier molecular flexibility index (Phi) is 32.6. The molecule has 4 N–H and O–H groups in total. The van der Waals surface area contributed by atoms with Crippen molar-refractivity contribution in [3.05, 3.63) is 281 Å². The third-order valence-electron chi connectivity index (χ3n) is 26.2. The van der Waals surface area contributed by atoms with Crippen LogP contribution in [0.25, 0.3) is 66.6 Å². The van der Waals surface area contributed by atoms with Crippen LogP contribution < -0.4 is 47.6 Å². The second-order valence-electron chi connectivity index (χ2n) is 36.5. The Morgan fingerprint density at radius 3 is 1.81 bits per heavy atom. The molecule has 0 saturated carbocycles. The van der Waals surface area contributed by atoms with Gasteiger partial charge < -0.3 is 40.7 Å². The standard InChI is InChI=1S/C35H37N5O3S2.C34H35Cl2FN8O3S3.C34H37ClN8O5S2/c1-5-45(42,43)29-14-15-30(24(3)18-29)31-19-27-20-36-35(37-28-12-10-25(11-13-28)32-22-39(4)16-17-44-32)38-33(27)40(34(31)41)21-26-9-7-6-8-23(26)2;1-20-18-43(11-8-39-20)29-5-4-22(13-28(29)37)41-34-40-16-21-12-25(31-26(35)14-24(15-27(31)36)50(2)30-17-38-19-49-30)33(46)45(32(21)42-34)23-6-9-44(10-7-23)51(3,47)48;1-41-15-11-26(12-16-41)48-25-7-5-24(6-8-25)39-34-38-21-23-19-29(33(44)43(32(23)40-34)18-17-42(2)50(4,46)47)31-30(35)20-28(22-37-31)49(3,45)27-9-13-36-14-10-27/h6-15,18-20,32H,5,16-17,21-22H2,1-4H3,(H,36,37,38);4-5,12-17,19-20,23,39H,2,6-11,18H2,1,3H3,(H,40,41,42);5-10,13-14,19-22,26H,3,11-12,15-18H2,1-2,4H3,(H,38,39,40). The maximum Gasteiger partial charge on any atom is 0.261 e. The molecule has 15 aromatic rings. The molecule has 0 aliphatic carbocycles. The van der Waals surface area contributed by atoms with Crippen molar-refractivity contribution < 1.29 is 38.6 Å². The zero-order chi connectivity index (χ0) is 103. The summed E-state index contributed by atoms with van der Waals surface area (Å²) in [4.78, 5) is 91.8. The van der Waals surface area contributed by atoms with Crippen LogP contribution in [0.3, 0.4) is 0 Å². The number of pyridine rings is 5. The predicted molar refractivity (Wildman–Crippen MR) is 587 cm³/mol. The first-order chi connectivity index (χ1) is 69.8. The lowest BCUT2D eigenvalue weighted by atomic mass is 10.0. The first-order valence-corrected chi connectivity index (χ1v) is 58.6. The molecule has 4 saturated heterocycles. The summed E-state index contributed by atoms with van der Waals surface area (Å²) in [5.74, 6) is 10.5. The van der Waals surface area contributed by atoms with Gasteiger partial charge >= 0.3 is 0 Å². The van der Waals surface area contributed by atoms with Crippen molar-refractivity contribution >= 4 is 193 Å². The molecule has 0 bridgehead atoms. The Bertz CT molecular complexity index is 8140. The fourth-order valence-corrected chi connectivity index (χ4v) is 26.2. The minimum absolute atomic E-state index is 0.00159. The Balaban J connectivity index is 0.000000150. The van der Waals surface area contributed by atoms with E-state index in [9.17, 15) is 43.8 Å². The molecule has 43 heteroatoms. The van der Waals surface area contributed by atoms with Gasteiger partial charge in [0.2, 0.25) is 37.9 Å². The van der Waals surface area contributed by atoms with Crippen LogP contribution in [-0.4, -0.2) is 241 Å². The van der Waals surface area contributed by atoms with Gasteiger partial charge in [-0.05, 0) is 209 Å². The molecule has 762 valence electrons. The number of sulfone groups is 1. The number of nitrogens with zero attached hydrogens (tertiary/aromatic N) is 17. The van der Waals surface area contributed by atoms with Crippen LogP contribution >= 0.6 is 68.4 Å². The van der Waals surface area contributed by atoms with Crippen LogP contribution in [0.4, 0.5) is 45.0 Å². The van der Waals surface area contributed by atoms with Gasteiger partial charge in [-0.3, -0.25) is 47.2 Å². The van der Waals surface area contributed by atoms with Crippen LogP contribution in [0, 0.1) is 19.7 Å². The number of halogens is 4. The van der Waals surface area contributed by atoms with Gasteiger partial charge in [-0.25, -0.2) is 53.2 Å². The highest BCUT2D eigenvalue weighted by atomic mass is 35.5.